The number of hydrogen-bond acceptors (Lipinski definition) is 3. The van der Waals surface area contributed by atoms with Gasteiger partial charge in [0.15, 0.2) is 5.78 Å². The van der Waals surface area contributed by atoms with Gasteiger partial charge in [0.25, 0.3) is 5.91 Å². The minimum atomic E-state index is -1.22. The number of hydrogen-bond donors (Lipinski definition) is 1. The number of benzene rings is 2. The molecule has 2 aromatic rings. The Morgan fingerprint density at radius 2 is 1.77 bits per heavy atom. The fourth-order valence-electron chi connectivity index (χ4n) is 3.08. The van der Waals surface area contributed by atoms with Crippen molar-refractivity contribution in [2.75, 3.05) is 6.54 Å². The van der Waals surface area contributed by atoms with Crippen LogP contribution in [0.4, 0.5) is 4.79 Å². The van der Waals surface area contributed by atoms with E-state index in [1.54, 1.807) is 37.3 Å². The average Bonchev–Trinajstić information content (AvgIpc) is 2.81. The number of nitrogens with zero attached hydrogens (tertiary/aromatic N) is 1. The number of urea groups is 1. The topological polar surface area (TPSA) is 66.5 Å². The second-order valence-corrected chi connectivity index (χ2v) is 7.13. The summed E-state index contributed by atoms with van der Waals surface area (Å²) in [6.07, 6.45) is 0. The maximum Gasteiger partial charge on any atom is 0.325 e. The first-order valence-corrected chi connectivity index (χ1v) is 8.61. The standard InChI is InChI=1S/C20H19ClN2O3/c1-12-4-5-13(2)16(10-12)17(24)11-23-18(25)20(3,22-19(23)26)14-6-8-15(21)9-7-14/h4-10H,11H2,1-3H3,(H,22,26)/t20-/m0/s1. The lowest BCUT2D eigenvalue weighted by Crippen LogP contribution is -2.41. The van der Waals surface area contributed by atoms with Crippen molar-refractivity contribution in [1.82, 2.24) is 10.2 Å². The summed E-state index contributed by atoms with van der Waals surface area (Å²) < 4.78 is 0. The summed E-state index contributed by atoms with van der Waals surface area (Å²) in [4.78, 5) is 38.9. The van der Waals surface area contributed by atoms with E-state index in [2.05, 4.69) is 5.32 Å². The summed E-state index contributed by atoms with van der Waals surface area (Å²) in [5, 5.41) is 3.23. The Labute approximate surface area is 156 Å². The quantitative estimate of drug-likeness (QED) is 0.660. The van der Waals surface area contributed by atoms with E-state index < -0.39 is 17.5 Å². The van der Waals surface area contributed by atoms with Gasteiger partial charge in [-0.1, -0.05) is 41.4 Å². The van der Waals surface area contributed by atoms with Crippen LogP contribution < -0.4 is 5.32 Å². The lowest BCUT2D eigenvalue weighted by Gasteiger charge is -2.22. The van der Waals surface area contributed by atoms with E-state index in [0.717, 1.165) is 16.0 Å². The Kier molecular flexibility index (Phi) is 4.59. The second kappa shape index (κ2) is 6.57. The second-order valence-electron chi connectivity index (χ2n) is 6.69. The normalized spacial score (nSPS) is 19.6. The van der Waals surface area contributed by atoms with Gasteiger partial charge >= 0.3 is 6.03 Å². The molecule has 0 bridgehead atoms. The molecule has 0 unspecified atom stereocenters. The minimum absolute atomic E-state index is 0.268. The van der Waals surface area contributed by atoms with Crippen molar-refractivity contribution in [2.24, 2.45) is 0 Å². The molecule has 6 heteroatoms. The highest BCUT2D eigenvalue weighted by Crippen LogP contribution is 2.30. The predicted molar refractivity (Wildman–Crippen MR) is 99.3 cm³/mol. The summed E-state index contributed by atoms with van der Waals surface area (Å²) in [6, 6.07) is 11.7. The molecule has 1 saturated heterocycles. The Bertz CT molecular complexity index is 908. The van der Waals surface area contributed by atoms with Crippen molar-refractivity contribution in [1.29, 1.82) is 0 Å². The Hall–Kier alpha value is -2.66. The number of halogens is 1. The van der Waals surface area contributed by atoms with Gasteiger partial charge in [0.1, 0.15) is 5.54 Å². The summed E-state index contributed by atoms with van der Waals surface area (Å²) in [5.41, 5.74) is 1.67. The molecular formula is C20H19ClN2O3. The third-order valence-electron chi connectivity index (χ3n) is 4.69. The summed E-state index contributed by atoms with van der Waals surface area (Å²) in [7, 11) is 0. The van der Waals surface area contributed by atoms with Gasteiger partial charge in [-0.2, -0.15) is 0 Å². The minimum Gasteiger partial charge on any atom is -0.319 e. The summed E-state index contributed by atoms with van der Waals surface area (Å²) in [5.74, 6) is -0.724. The number of carbonyl (C=O) groups excluding carboxylic acids is 3. The van der Waals surface area contributed by atoms with Crippen LogP contribution in [0.5, 0.6) is 0 Å². The van der Waals surface area contributed by atoms with Gasteiger partial charge in [0.05, 0.1) is 6.54 Å². The molecule has 0 spiro atoms. The highest BCUT2D eigenvalue weighted by Gasteiger charge is 2.49. The number of ketones is 1. The first-order valence-electron chi connectivity index (χ1n) is 8.23. The average molecular weight is 371 g/mol. The molecule has 26 heavy (non-hydrogen) atoms. The fraction of sp³-hybridized carbons (Fsp3) is 0.250. The van der Waals surface area contributed by atoms with Crippen LogP contribution in [0, 0.1) is 13.8 Å². The van der Waals surface area contributed by atoms with Crippen molar-refractivity contribution in [3.8, 4) is 0 Å². The molecule has 134 valence electrons. The van der Waals surface area contributed by atoms with Gasteiger partial charge in [0, 0.05) is 10.6 Å². The van der Waals surface area contributed by atoms with E-state index in [1.165, 1.54) is 0 Å². The molecule has 1 aliphatic rings. The van der Waals surface area contributed by atoms with Crippen molar-refractivity contribution in [3.63, 3.8) is 0 Å². The van der Waals surface area contributed by atoms with Crippen LogP contribution in [-0.2, 0) is 10.3 Å². The summed E-state index contributed by atoms with van der Waals surface area (Å²) in [6.45, 7) is 5.05. The van der Waals surface area contributed by atoms with E-state index in [1.807, 2.05) is 26.0 Å². The number of amides is 3. The van der Waals surface area contributed by atoms with Crippen LogP contribution in [0.15, 0.2) is 42.5 Å². The molecule has 0 saturated carbocycles. The van der Waals surface area contributed by atoms with E-state index in [4.69, 9.17) is 11.6 Å². The van der Waals surface area contributed by atoms with Crippen molar-refractivity contribution >= 4 is 29.3 Å². The summed E-state index contributed by atoms with van der Waals surface area (Å²) >= 11 is 5.89. The van der Waals surface area contributed by atoms with Gasteiger partial charge in [0.2, 0.25) is 0 Å². The first-order chi connectivity index (χ1) is 12.2. The lowest BCUT2D eigenvalue weighted by molar-refractivity contribution is -0.130. The van der Waals surface area contributed by atoms with Crippen LogP contribution >= 0.6 is 11.6 Å². The van der Waals surface area contributed by atoms with E-state index in [9.17, 15) is 14.4 Å². The van der Waals surface area contributed by atoms with Gasteiger partial charge in [-0.05, 0) is 50.1 Å². The van der Waals surface area contributed by atoms with Crippen LogP contribution in [0.1, 0.15) is 34.0 Å². The number of aryl methyl sites for hydroxylation is 2. The molecule has 0 aromatic heterocycles. The first kappa shape index (κ1) is 18.1. The highest BCUT2D eigenvalue weighted by atomic mass is 35.5. The zero-order chi connectivity index (χ0) is 19.1. The third-order valence-corrected chi connectivity index (χ3v) is 4.94. The molecule has 3 amide bonds. The number of carbonyl (C=O) groups is 3. The van der Waals surface area contributed by atoms with Gasteiger partial charge < -0.3 is 5.32 Å². The highest BCUT2D eigenvalue weighted by molar-refractivity contribution is 6.30. The van der Waals surface area contributed by atoms with Crippen molar-refractivity contribution in [2.45, 2.75) is 26.3 Å². The zero-order valence-corrected chi connectivity index (χ0v) is 15.6. The maximum atomic E-state index is 12.9. The zero-order valence-electron chi connectivity index (χ0n) is 14.8. The fourth-order valence-corrected chi connectivity index (χ4v) is 3.21. The number of Topliss-reactive ketones (excluding diaryl/α,β-unsaturated/α-hetero) is 1. The Morgan fingerprint density at radius 1 is 1.12 bits per heavy atom. The van der Waals surface area contributed by atoms with E-state index >= 15 is 0 Å². The predicted octanol–water partition coefficient (Wildman–Crippen LogP) is 3.61. The van der Waals surface area contributed by atoms with Crippen LogP contribution in [0.3, 0.4) is 0 Å². The largest absolute Gasteiger partial charge is 0.325 e. The van der Waals surface area contributed by atoms with Gasteiger partial charge in [-0.3, -0.25) is 14.5 Å². The van der Waals surface area contributed by atoms with E-state index in [-0.39, 0.29) is 12.3 Å². The van der Waals surface area contributed by atoms with Crippen LogP contribution in [0.2, 0.25) is 5.02 Å². The van der Waals surface area contributed by atoms with Crippen LogP contribution in [-0.4, -0.2) is 29.2 Å². The van der Waals surface area contributed by atoms with Crippen molar-refractivity contribution in [3.05, 3.63) is 69.7 Å². The molecule has 1 fully saturated rings. The smallest absolute Gasteiger partial charge is 0.319 e. The molecule has 1 N–H and O–H groups in total. The van der Waals surface area contributed by atoms with Crippen molar-refractivity contribution < 1.29 is 14.4 Å². The molecule has 0 radical (unpaired) electrons. The van der Waals surface area contributed by atoms with Crippen LogP contribution in [0.25, 0.3) is 0 Å². The molecule has 2 aromatic carbocycles. The monoisotopic (exact) mass is 370 g/mol. The SMILES string of the molecule is Cc1ccc(C)c(C(=O)CN2C(=O)N[C@@](C)(c3ccc(Cl)cc3)C2=O)c1. The molecule has 1 heterocycles. The Morgan fingerprint density at radius 3 is 2.42 bits per heavy atom. The molecule has 5 nitrogen and oxygen atoms in total. The molecule has 0 aliphatic carbocycles. The lowest BCUT2D eigenvalue weighted by atomic mass is 9.92. The molecule has 1 aliphatic heterocycles. The van der Waals surface area contributed by atoms with Gasteiger partial charge in [-0.25, -0.2) is 4.79 Å². The molecule has 3 rings (SSSR count). The van der Waals surface area contributed by atoms with E-state index in [0.29, 0.717) is 16.1 Å². The number of rotatable bonds is 4. The number of nitrogens with one attached hydrogen (secondary N) is 1. The molecular weight excluding hydrogens is 352 g/mol. The molecule has 1 atom stereocenters. The van der Waals surface area contributed by atoms with Gasteiger partial charge in [-0.15, -0.1) is 0 Å². The Balaban J connectivity index is 1.86. The number of imide groups is 1. The maximum absolute atomic E-state index is 12.9. The third kappa shape index (κ3) is 3.10.